The Morgan fingerprint density at radius 2 is 1.71 bits per heavy atom. The number of rotatable bonds is 17. The Kier molecular flexibility index (Phi) is 14.1. The summed E-state index contributed by atoms with van der Waals surface area (Å²) in [7, 11) is 0. The Morgan fingerprint density at radius 1 is 1.00 bits per heavy atom. The third-order valence-electron chi connectivity index (χ3n) is 5.75. The molecule has 0 aromatic rings. The van der Waals surface area contributed by atoms with Gasteiger partial charge in [0.05, 0.1) is 11.0 Å². The molecule has 2 atom stereocenters. The Labute approximate surface area is 172 Å². The molecule has 5 heteroatoms. The number of Topliss-reactive ketones (excluding diaryl/α,β-unsaturated/α-hetero) is 1. The molecule has 0 rings (SSSR count). The SMILES string of the molecule is CCCCCCC(C)(O)CCC(CC)(CC=CCCCCC(C)=O)C(=O)ON. The Hall–Kier alpha value is -1.20. The maximum Gasteiger partial charge on any atom is 0.330 e. The molecular weight excluding hydrogens is 354 g/mol. The average Bonchev–Trinajstić information content (AvgIpc) is 2.66. The molecule has 0 aromatic heterocycles. The van der Waals surface area contributed by atoms with Gasteiger partial charge in [-0.3, -0.25) is 0 Å². The van der Waals surface area contributed by atoms with Gasteiger partial charge in [0.15, 0.2) is 0 Å². The van der Waals surface area contributed by atoms with Crippen LogP contribution in [0.5, 0.6) is 0 Å². The minimum absolute atomic E-state index is 0.224. The van der Waals surface area contributed by atoms with Crippen LogP contribution in [0, 0.1) is 5.41 Å². The van der Waals surface area contributed by atoms with Crippen molar-refractivity contribution >= 4 is 11.8 Å². The molecule has 0 aliphatic rings. The number of unbranched alkanes of at least 4 members (excludes halogenated alkanes) is 5. The van der Waals surface area contributed by atoms with Gasteiger partial charge in [0, 0.05) is 6.42 Å². The normalized spacial score (nSPS) is 15.9. The van der Waals surface area contributed by atoms with E-state index in [1.165, 1.54) is 12.8 Å². The van der Waals surface area contributed by atoms with Gasteiger partial charge in [-0.2, -0.15) is 5.90 Å². The van der Waals surface area contributed by atoms with Crippen LogP contribution in [0.4, 0.5) is 0 Å². The summed E-state index contributed by atoms with van der Waals surface area (Å²) in [4.78, 5) is 28.0. The van der Waals surface area contributed by atoms with Gasteiger partial charge >= 0.3 is 5.97 Å². The number of ketones is 1. The molecule has 0 aliphatic carbocycles. The fourth-order valence-electron chi connectivity index (χ4n) is 3.51. The lowest BCUT2D eigenvalue weighted by Gasteiger charge is -2.32. The summed E-state index contributed by atoms with van der Waals surface area (Å²) in [5.41, 5.74) is -1.47. The summed E-state index contributed by atoms with van der Waals surface area (Å²) >= 11 is 0. The van der Waals surface area contributed by atoms with E-state index in [4.69, 9.17) is 5.90 Å². The van der Waals surface area contributed by atoms with Crippen LogP contribution in [0.2, 0.25) is 0 Å². The van der Waals surface area contributed by atoms with Gasteiger partial charge in [-0.25, -0.2) is 4.79 Å². The lowest BCUT2D eigenvalue weighted by molar-refractivity contribution is -0.158. The van der Waals surface area contributed by atoms with Crippen molar-refractivity contribution < 1.29 is 19.5 Å². The Balaban J connectivity index is 4.69. The van der Waals surface area contributed by atoms with Crippen molar-refractivity contribution in [1.29, 1.82) is 0 Å². The van der Waals surface area contributed by atoms with E-state index in [9.17, 15) is 14.7 Å². The van der Waals surface area contributed by atoms with Gasteiger partial charge in [0.25, 0.3) is 0 Å². The molecule has 2 unspecified atom stereocenters. The summed E-state index contributed by atoms with van der Waals surface area (Å²) in [6, 6.07) is 0. The molecule has 0 spiro atoms. The lowest BCUT2D eigenvalue weighted by Crippen LogP contribution is -2.36. The molecular formula is C23H43NO4. The van der Waals surface area contributed by atoms with E-state index in [0.29, 0.717) is 32.1 Å². The van der Waals surface area contributed by atoms with Crippen molar-refractivity contribution in [2.24, 2.45) is 11.3 Å². The van der Waals surface area contributed by atoms with E-state index < -0.39 is 17.0 Å². The van der Waals surface area contributed by atoms with Gasteiger partial charge in [-0.1, -0.05) is 51.7 Å². The van der Waals surface area contributed by atoms with Gasteiger partial charge in [-0.15, -0.1) is 0 Å². The first-order valence-electron chi connectivity index (χ1n) is 11.0. The second-order valence-corrected chi connectivity index (χ2v) is 8.47. The van der Waals surface area contributed by atoms with Crippen molar-refractivity contribution in [3.8, 4) is 0 Å². The Morgan fingerprint density at radius 3 is 2.29 bits per heavy atom. The summed E-state index contributed by atoms with van der Waals surface area (Å²) in [5, 5.41) is 10.7. The molecule has 0 aliphatic heterocycles. The van der Waals surface area contributed by atoms with Gasteiger partial charge < -0.3 is 14.7 Å². The van der Waals surface area contributed by atoms with E-state index >= 15 is 0 Å². The number of nitrogens with two attached hydrogens (primary N) is 1. The maximum absolute atomic E-state index is 12.4. The monoisotopic (exact) mass is 397 g/mol. The highest BCUT2D eigenvalue weighted by atomic mass is 16.7. The van der Waals surface area contributed by atoms with E-state index in [0.717, 1.165) is 38.5 Å². The average molecular weight is 398 g/mol. The zero-order valence-corrected chi connectivity index (χ0v) is 18.6. The predicted molar refractivity (Wildman–Crippen MR) is 115 cm³/mol. The molecule has 0 heterocycles. The van der Waals surface area contributed by atoms with E-state index in [2.05, 4.69) is 17.8 Å². The van der Waals surface area contributed by atoms with Crippen LogP contribution in [0.3, 0.4) is 0 Å². The number of aliphatic hydroxyl groups is 1. The molecule has 0 bridgehead atoms. The molecule has 0 radical (unpaired) electrons. The summed E-state index contributed by atoms with van der Waals surface area (Å²) in [6.07, 6.45) is 15.0. The fraction of sp³-hybridized carbons (Fsp3) is 0.826. The van der Waals surface area contributed by atoms with Crippen LogP contribution >= 0.6 is 0 Å². The highest BCUT2D eigenvalue weighted by molar-refractivity contribution is 5.76. The van der Waals surface area contributed by atoms with Crippen LogP contribution in [0.25, 0.3) is 0 Å². The van der Waals surface area contributed by atoms with Crippen molar-refractivity contribution in [3.63, 3.8) is 0 Å². The third kappa shape index (κ3) is 11.6. The number of hydrogen-bond acceptors (Lipinski definition) is 5. The largest absolute Gasteiger partial charge is 0.390 e. The minimum Gasteiger partial charge on any atom is -0.390 e. The highest BCUT2D eigenvalue weighted by Gasteiger charge is 2.38. The van der Waals surface area contributed by atoms with Crippen molar-refractivity contribution in [2.75, 3.05) is 0 Å². The molecule has 0 aromatic carbocycles. The first kappa shape index (κ1) is 26.8. The first-order valence-corrected chi connectivity index (χ1v) is 11.0. The number of allylic oxidation sites excluding steroid dienone is 2. The van der Waals surface area contributed by atoms with E-state index in [-0.39, 0.29) is 5.78 Å². The molecule has 0 saturated carbocycles. The first-order chi connectivity index (χ1) is 13.2. The molecule has 0 amide bonds. The zero-order chi connectivity index (χ0) is 21.5. The van der Waals surface area contributed by atoms with Crippen LogP contribution in [0.1, 0.15) is 111 Å². The maximum atomic E-state index is 12.4. The fourth-order valence-corrected chi connectivity index (χ4v) is 3.51. The second kappa shape index (κ2) is 14.7. The van der Waals surface area contributed by atoms with Gasteiger partial charge in [-0.05, 0) is 65.2 Å². The molecule has 164 valence electrons. The summed E-state index contributed by atoms with van der Waals surface area (Å²) in [6.45, 7) is 7.61. The number of carbonyl (C=O) groups excluding carboxylic acids is 2. The summed E-state index contributed by atoms with van der Waals surface area (Å²) < 4.78 is 0. The molecule has 5 nitrogen and oxygen atoms in total. The second-order valence-electron chi connectivity index (χ2n) is 8.47. The lowest BCUT2D eigenvalue weighted by atomic mass is 9.74. The summed E-state index contributed by atoms with van der Waals surface area (Å²) in [5.74, 6) is 5.04. The van der Waals surface area contributed by atoms with Crippen LogP contribution < -0.4 is 5.90 Å². The standard InChI is InChI=1S/C23H43NO4/c1-5-7-8-13-16-22(4,27)18-19-23(6-2,21(26)28-24)17-14-11-9-10-12-15-20(3)25/h11,14,27H,5-10,12-13,15-19,24H2,1-4H3. The smallest absolute Gasteiger partial charge is 0.330 e. The number of carbonyl (C=O) groups is 2. The molecule has 28 heavy (non-hydrogen) atoms. The minimum atomic E-state index is -0.778. The van der Waals surface area contributed by atoms with E-state index in [1.807, 2.05) is 19.9 Å². The molecule has 0 saturated heterocycles. The van der Waals surface area contributed by atoms with Crippen LogP contribution in [-0.2, 0) is 14.4 Å². The molecule has 0 fully saturated rings. The zero-order valence-electron chi connectivity index (χ0n) is 18.6. The van der Waals surface area contributed by atoms with Crippen molar-refractivity contribution in [3.05, 3.63) is 12.2 Å². The quantitative estimate of drug-likeness (QED) is 0.195. The van der Waals surface area contributed by atoms with Crippen LogP contribution in [0.15, 0.2) is 12.2 Å². The third-order valence-corrected chi connectivity index (χ3v) is 5.75. The number of hydrogen-bond donors (Lipinski definition) is 2. The molecule has 3 N–H and O–H groups in total. The van der Waals surface area contributed by atoms with E-state index in [1.54, 1.807) is 6.92 Å². The van der Waals surface area contributed by atoms with Crippen molar-refractivity contribution in [1.82, 2.24) is 0 Å². The van der Waals surface area contributed by atoms with Crippen LogP contribution in [-0.4, -0.2) is 22.5 Å². The van der Waals surface area contributed by atoms with Gasteiger partial charge in [0.1, 0.15) is 5.78 Å². The van der Waals surface area contributed by atoms with Gasteiger partial charge in [0.2, 0.25) is 0 Å². The predicted octanol–water partition coefficient (Wildman–Crippen LogP) is 5.40. The Bertz CT molecular complexity index is 473. The topological polar surface area (TPSA) is 89.6 Å². The van der Waals surface area contributed by atoms with Crippen molar-refractivity contribution in [2.45, 2.75) is 117 Å². The highest BCUT2D eigenvalue weighted by Crippen LogP contribution is 2.37.